The first-order valence-electron chi connectivity index (χ1n) is 11.3. The average molecular weight is 456 g/mol. The van der Waals surface area contributed by atoms with Crippen LogP contribution in [0.25, 0.3) is 0 Å². The quantitative estimate of drug-likeness (QED) is 0.448. The topological polar surface area (TPSA) is 69.6 Å². The molecule has 1 aromatic carbocycles. The number of nitrogens with zero attached hydrogens (tertiary/aromatic N) is 5. The van der Waals surface area contributed by atoms with Gasteiger partial charge < -0.3 is 14.7 Å². The van der Waals surface area contributed by atoms with Crippen molar-refractivity contribution in [2.45, 2.75) is 44.5 Å². The zero-order chi connectivity index (χ0) is 23.1. The monoisotopic (exact) mass is 455 g/mol. The summed E-state index contributed by atoms with van der Waals surface area (Å²) in [5, 5.41) is 0.783. The highest BCUT2D eigenvalue weighted by atomic mass is 32.2. The average Bonchev–Trinajstić information content (AvgIpc) is 2.82. The molecule has 0 N–H and O–H groups in total. The number of thioether (sulfide) groups is 1. The second kappa shape index (κ2) is 11.3. The van der Waals surface area contributed by atoms with Gasteiger partial charge in [0.25, 0.3) is 5.91 Å². The molecule has 7 nitrogen and oxygen atoms in total. The first-order chi connectivity index (χ1) is 15.4. The van der Waals surface area contributed by atoms with Crippen molar-refractivity contribution >= 4 is 29.4 Å². The SMILES string of the molecule is CCCN(C)c1cc(CC)nc(SCc2ccc(C(=O)N3CCN(C(C)=O)CC3)cc2)n1. The maximum atomic E-state index is 12.8. The van der Waals surface area contributed by atoms with Gasteiger partial charge in [0.1, 0.15) is 5.82 Å². The number of amides is 2. The number of hydrogen-bond donors (Lipinski definition) is 0. The summed E-state index contributed by atoms with van der Waals surface area (Å²) in [4.78, 5) is 39.4. The maximum absolute atomic E-state index is 12.8. The Labute approximate surface area is 195 Å². The molecule has 0 spiro atoms. The highest BCUT2D eigenvalue weighted by Crippen LogP contribution is 2.23. The van der Waals surface area contributed by atoms with E-state index < -0.39 is 0 Å². The van der Waals surface area contributed by atoms with Gasteiger partial charge in [-0.2, -0.15) is 0 Å². The highest BCUT2D eigenvalue weighted by Gasteiger charge is 2.23. The van der Waals surface area contributed by atoms with Gasteiger partial charge in [-0.1, -0.05) is 37.7 Å². The van der Waals surface area contributed by atoms with Crippen molar-refractivity contribution in [2.24, 2.45) is 0 Å². The molecule has 8 heteroatoms. The van der Waals surface area contributed by atoms with Crippen molar-refractivity contribution in [3.05, 3.63) is 47.2 Å². The summed E-state index contributed by atoms with van der Waals surface area (Å²) in [6.45, 7) is 9.16. The predicted octanol–water partition coefficient (Wildman–Crippen LogP) is 3.48. The van der Waals surface area contributed by atoms with Crippen LogP contribution in [0, 0.1) is 0 Å². The Bertz CT molecular complexity index is 926. The second-order valence-electron chi connectivity index (χ2n) is 8.06. The van der Waals surface area contributed by atoms with Crippen LogP contribution < -0.4 is 4.90 Å². The predicted molar refractivity (Wildman–Crippen MR) is 129 cm³/mol. The molecule has 1 aromatic heterocycles. The summed E-state index contributed by atoms with van der Waals surface area (Å²) in [6.07, 6.45) is 1.95. The molecule has 3 rings (SSSR count). The smallest absolute Gasteiger partial charge is 0.253 e. The van der Waals surface area contributed by atoms with E-state index in [1.165, 1.54) is 0 Å². The Morgan fingerprint density at radius 2 is 1.69 bits per heavy atom. The van der Waals surface area contributed by atoms with Gasteiger partial charge in [-0.05, 0) is 30.5 Å². The van der Waals surface area contributed by atoms with Crippen molar-refractivity contribution in [3.63, 3.8) is 0 Å². The first kappa shape index (κ1) is 24.0. The van der Waals surface area contributed by atoms with E-state index in [1.807, 2.05) is 29.2 Å². The summed E-state index contributed by atoms with van der Waals surface area (Å²) >= 11 is 1.62. The summed E-state index contributed by atoms with van der Waals surface area (Å²) < 4.78 is 0. The standard InChI is InChI=1S/C24H33N5O2S/c1-5-11-27(4)22-16-21(6-2)25-24(26-22)32-17-19-7-9-20(10-8-19)23(31)29-14-12-28(13-15-29)18(3)30/h7-10,16H,5-6,11-15,17H2,1-4H3. The summed E-state index contributed by atoms with van der Waals surface area (Å²) in [7, 11) is 2.06. The normalized spacial score (nSPS) is 13.9. The Morgan fingerprint density at radius 1 is 1.03 bits per heavy atom. The molecule has 2 amide bonds. The van der Waals surface area contributed by atoms with E-state index in [1.54, 1.807) is 23.6 Å². The van der Waals surface area contributed by atoms with Gasteiger partial charge in [0, 0.05) is 69.8 Å². The Kier molecular flexibility index (Phi) is 8.50. The number of carbonyl (C=O) groups excluding carboxylic acids is 2. The van der Waals surface area contributed by atoms with Crippen molar-refractivity contribution in [1.82, 2.24) is 19.8 Å². The maximum Gasteiger partial charge on any atom is 0.253 e. The van der Waals surface area contributed by atoms with Gasteiger partial charge in [0.15, 0.2) is 5.16 Å². The molecule has 1 aliphatic rings. The van der Waals surface area contributed by atoms with Crippen molar-refractivity contribution in [1.29, 1.82) is 0 Å². The number of hydrogen-bond acceptors (Lipinski definition) is 6. The molecule has 0 atom stereocenters. The third kappa shape index (κ3) is 6.22. The fraction of sp³-hybridized carbons (Fsp3) is 0.500. The number of aromatic nitrogens is 2. The van der Waals surface area contributed by atoms with E-state index in [2.05, 4.69) is 36.8 Å². The van der Waals surface area contributed by atoms with Crippen LogP contribution in [0.3, 0.4) is 0 Å². The summed E-state index contributed by atoms with van der Waals surface area (Å²) in [5.74, 6) is 1.80. The minimum absolute atomic E-state index is 0.0231. The lowest BCUT2D eigenvalue weighted by Crippen LogP contribution is -2.50. The number of carbonyl (C=O) groups is 2. The van der Waals surface area contributed by atoms with Gasteiger partial charge >= 0.3 is 0 Å². The fourth-order valence-electron chi connectivity index (χ4n) is 3.65. The zero-order valence-electron chi connectivity index (χ0n) is 19.5. The molecule has 32 heavy (non-hydrogen) atoms. The van der Waals surface area contributed by atoms with Gasteiger partial charge in [-0.25, -0.2) is 9.97 Å². The molecule has 1 aliphatic heterocycles. The Hall–Kier alpha value is -2.61. The van der Waals surface area contributed by atoms with Crippen molar-refractivity contribution < 1.29 is 9.59 Å². The molecule has 0 radical (unpaired) electrons. The van der Waals surface area contributed by atoms with Crippen LogP contribution in [-0.2, 0) is 17.0 Å². The highest BCUT2D eigenvalue weighted by molar-refractivity contribution is 7.98. The number of rotatable bonds is 8. The molecular formula is C24H33N5O2S. The minimum Gasteiger partial charge on any atom is -0.360 e. The largest absolute Gasteiger partial charge is 0.360 e. The van der Waals surface area contributed by atoms with Crippen molar-refractivity contribution in [2.75, 3.05) is 44.7 Å². The van der Waals surface area contributed by atoms with E-state index in [-0.39, 0.29) is 11.8 Å². The summed E-state index contributed by atoms with van der Waals surface area (Å²) in [6, 6.07) is 9.84. The molecule has 1 fully saturated rings. The van der Waals surface area contributed by atoms with Gasteiger partial charge in [0.2, 0.25) is 5.91 Å². The lowest BCUT2D eigenvalue weighted by Gasteiger charge is -2.34. The van der Waals surface area contributed by atoms with Crippen LogP contribution in [0.4, 0.5) is 5.82 Å². The lowest BCUT2D eigenvalue weighted by molar-refractivity contribution is -0.130. The van der Waals surface area contributed by atoms with Gasteiger partial charge in [-0.3, -0.25) is 9.59 Å². The van der Waals surface area contributed by atoms with E-state index in [0.29, 0.717) is 31.7 Å². The molecule has 172 valence electrons. The van der Waals surface area contributed by atoms with Gasteiger partial charge in [-0.15, -0.1) is 0 Å². The molecule has 0 unspecified atom stereocenters. The third-order valence-corrected chi connectivity index (χ3v) is 6.56. The van der Waals surface area contributed by atoms with Gasteiger partial charge in [0.05, 0.1) is 0 Å². The van der Waals surface area contributed by atoms with E-state index in [0.717, 1.165) is 47.4 Å². The fourth-order valence-corrected chi connectivity index (χ4v) is 4.48. The molecule has 1 saturated heterocycles. The number of piperazine rings is 1. The number of benzene rings is 1. The van der Waals surface area contributed by atoms with E-state index in [9.17, 15) is 9.59 Å². The van der Waals surface area contributed by atoms with Crippen LogP contribution in [0.1, 0.15) is 48.8 Å². The molecule has 0 bridgehead atoms. The minimum atomic E-state index is 0.0231. The molecule has 0 aliphatic carbocycles. The number of aryl methyl sites for hydroxylation is 1. The Morgan fingerprint density at radius 3 is 2.28 bits per heavy atom. The summed E-state index contributed by atoms with van der Waals surface area (Å²) in [5.41, 5.74) is 2.86. The Balaban J connectivity index is 1.60. The van der Waals surface area contributed by atoms with Crippen LogP contribution in [0.2, 0.25) is 0 Å². The van der Waals surface area contributed by atoms with Crippen LogP contribution in [-0.4, -0.2) is 71.4 Å². The first-order valence-corrected chi connectivity index (χ1v) is 12.3. The molecule has 2 heterocycles. The molecule has 0 saturated carbocycles. The number of anilines is 1. The second-order valence-corrected chi connectivity index (χ2v) is 9.00. The molecule has 2 aromatic rings. The third-order valence-electron chi connectivity index (χ3n) is 5.64. The van der Waals surface area contributed by atoms with Crippen molar-refractivity contribution in [3.8, 4) is 0 Å². The van der Waals surface area contributed by atoms with Crippen LogP contribution in [0.15, 0.2) is 35.5 Å². The molecular weight excluding hydrogens is 422 g/mol. The van der Waals surface area contributed by atoms with Crippen LogP contribution in [0.5, 0.6) is 0 Å². The van der Waals surface area contributed by atoms with E-state index >= 15 is 0 Å². The van der Waals surface area contributed by atoms with E-state index in [4.69, 9.17) is 4.98 Å². The zero-order valence-corrected chi connectivity index (χ0v) is 20.3. The lowest BCUT2D eigenvalue weighted by atomic mass is 10.1. The van der Waals surface area contributed by atoms with Crippen LogP contribution >= 0.6 is 11.8 Å².